The van der Waals surface area contributed by atoms with Crippen LogP contribution in [0.1, 0.15) is 271 Å². The fourth-order valence-electron chi connectivity index (χ4n) is 7.60. The molecule has 1 atom stereocenters. The first-order valence-electron chi connectivity index (χ1n) is 27.3. The molecule has 0 aliphatic rings. The van der Waals surface area contributed by atoms with Crippen molar-refractivity contribution in [2.75, 3.05) is 13.2 Å². The van der Waals surface area contributed by atoms with E-state index in [1.54, 1.807) is 0 Å². The quantitative estimate of drug-likeness (QED) is 0.0262. The molecular weight excluding hydrogens is 793 g/mol. The molecule has 0 aromatic heterocycles. The van der Waals surface area contributed by atoms with E-state index < -0.39 is 6.10 Å². The van der Waals surface area contributed by atoms with Gasteiger partial charge in [-0.3, -0.25) is 14.4 Å². The molecule has 0 spiro atoms. The first kappa shape index (κ1) is 61.1. The van der Waals surface area contributed by atoms with Crippen LogP contribution in [0.3, 0.4) is 0 Å². The molecule has 0 aliphatic carbocycles. The molecule has 6 heteroatoms. The minimum atomic E-state index is -0.788. The minimum absolute atomic E-state index is 0.0869. The summed E-state index contributed by atoms with van der Waals surface area (Å²) in [5, 5.41) is 0. The van der Waals surface area contributed by atoms with Gasteiger partial charge in [0.05, 0.1) is 0 Å². The lowest BCUT2D eigenvalue weighted by molar-refractivity contribution is -0.167. The topological polar surface area (TPSA) is 78.9 Å². The molecule has 64 heavy (non-hydrogen) atoms. The second-order valence-corrected chi connectivity index (χ2v) is 18.1. The van der Waals surface area contributed by atoms with Crippen LogP contribution >= 0.6 is 0 Å². The average molecular weight is 895 g/mol. The van der Waals surface area contributed by atoms with Crippen molar-refractivity contribution in [3.05, 3.63) is 60.8 Å². The summed E-state index contributed by atoms with van der Waals surface area (Å²) in [5.41, 5.74) is 0. The maximum Gasteiger partial charge on any atom is 0.306 e. The molecular formula is C58H102O6. The SMILES string of the molecule is CCCCC/C=C\C/C=C\C/C=C\C/C=C\CCCCCC(=O)OC[C@@H](COC(=O)CCCCCCC/C=C\CCCCCC)OC(=O)CCCCCCCCCCCCCCCC. The zero-order valence-electron chi connectivity index (χ0n) is 42.3. The van der Waals surface area contributed by atoms with Crippen LogP contribution in [0.15, 0.2) is 60.8 Å². The summed E-state index contributed by atoms with van der Waals surface area (Å²) in [7, 11) is 0. The van der Waals surface area contributed by atoms with Crippen LogP contribution in [0.25, 0.3) is 0 Å². The Kier molecular flexibility index (Phi) is 50.4. The highest BCUT2D eigenvalue weighted by Gasteiger charge is 2.19. The van der Waals surface area contributed by atoms with Gasteiger partial charge in [-0.25, -0.2) is 0 Å². The zero-order chi connectivity index (χ0) is 46.5. The van der Waals surface area contributed by atoms with E-state index >= 15 is 0 Å². The van der Waals surface area contributed by atoms with Gasteiger partial charge in [-0.15, -0.1) is 0 Å². The molecule has 0 saturated carbocycles. The lowest BCUT2D eigenvalue weighted by Gasteiger charge is -2.18. The van der Waals surface area contributed by atoms with Gasteiger partial charge in [0, 0.05) is 19.3 Å². The standard InChI is InChI=1S/C58H102O6/c1-4-7-10-13-16-19-22-25-27-28-29-30-31-34-36-39-42-45-48-51-57(60)63-54-55(53-62-56(59)50-47-44-41-38-35-32-24-21-18-15-12-9-6-3)64-58(61)52-49-46-43-40-37-33-26-23-20-17-14-11-8-5-2/h16,19,21,24-25,27,29-30,34,36,55H,4-15,17-18,20,22-23,26,28,31-33,35,37-54H2,1-3H3/b19-16-,24-21-,27-25-,30-29-,36-34-/t55-/m1/s1. The predicted octanol–water partition coefficient (Wildman–Crippen LogP) is 18.0. The van der Waals surface area contributed by atoms with Crippen molar-refractivity contribution in [3.8, 4) is 0 Å². The first-order chi connectivity index (χ1) is 31.5. The number of ether oxygens (including phenoxy) is 3. The van der Waals surface area contributed by atoms with Gasteiger partial charge in [0.1, 0.15) is 13.2 Å². The summed E-state index contributed by atoms with van der Waals surface area (Å²) in [6, 6.07) is 0. The second kappa shape index (κ2) is 52.7. The molecule has 0 aromatic rings. The van der Waals surface area contributed by atoms with E-state index in [1.807, 2.05) is 0 Å². The number of unbranched alkanes of at least 4 members (excludes halogenated alkanes) is 28. The maximum atomic E-state index is 12.8. The van der Waals surface area contributed by atoms with E-state index in [-0.39, 0.29) is 31.1 Å². The van der Waals surface area contributed by atoms with E-state index in [0.717, 1.165) is 89.9 Å². The van der Waals surface area contributed by atoms with Gasteiger partial charge in [-0.2, -0.15) is 0 Å². The molecule has 0 aromatic carbocycles. The Morgan fingerprint density at radius 2 is 0.562 bits per heavy atom. The Bertz CT molecular complexity index is 1170. The zero-order valence-corrected chi connectivity index (χ0v) is 42.3. The number of carbonyl (C=O) groups excluding carboxylic acids is 3. The van der Waals surface area contributed by atoms with Crippen LogP contribution in [-0.2, 0) is 28.6 Å². The molecule has 0 N–H and O–H groups in total. The fourth-order valence-corrected chi connectivity index (χ4v) is 7.60. The molecule has 0 heterocycles. The number of carbonyl (C=O) groups is 3. The Labute approximate surface area is 396 Å². The molecule has 0 radical (unpaired) electrons. The third-order valence-corrected chi connectivity index (χ3v) is 11.7. The third kappa shape index (κ3) is 50.1. The van der Waals surface area contributed by atoms with Crippen LogP contribution in [0.4, 0.5) is 0 Å². The summed E-state index contributed by atoms with van der Waals surface area (Å²) in [6.07, 6.45) is 64.9. The first-order valence-corrected chi connectivity index (χ1v) is 27.3. The molecule has 0 fully saturated rings. The van der Waals surface area contributed by atoms with E-state index in [4.69, 9.17) is 14.2 Å². The Morgan fingerprint density at radius 3 is 0.953 bits per heavy atom. The van der Waals surface area contributed by atoms with Gasteiger partial charge in [-0.1, -0.05) is 223 Å². The average Bonchev–Trinajstić information content (AvgIpc) is 3.29. The van der Waals surface area contributed by atoms with Crippen molar-refractivity contribution >= 4 is 17.9 Å². The van der Waals surface area contributed by atoms with Gasteiger partial charge < -0.3 is 14.2 Å². The molecule has 0 unspecified atom stereocenters. The molecule has 0 amide bonds. The van der Waals surface area contributed by atoms with Crippen molar-refractivity contribution < 1.29 is 28.6 Å². The number of rotatable bonds is 49. The van der Waals surface area contributed by atoms with Crippen molar-refractivity contribution in [3.63, 3.8) is 0 Å². The lowest BCUT2D eigenvalue weighted by atomic mass is 10.0. The Balaban J connectivity index is 4.42. The Hall–Kier alpha value is -2.89. The highest BCUT2D eigenvalue weighted by molar-refractivity contribution is 5.71. The van der Waals surface area contributed by atoms with Crippen molar-refractivity contribution in [2.24, 2.45) is 0 Å². The number of allylic oxidation sites excluding steroid dienone is 10. The smallest absolute Gasteiger partial charge is 0.306 e. The molecule has 0 rings (SSSR count). The molecule has 0 saturated heterocycles. The summed E-state index contributed by atoms with van der Waals surface area (Å²) < 4.78 is 16.8. The normalized spacial score (nSPS) is 12.5. The predicted molar refractivity (Wildman–Crippen MR) is 275 cm³/mol. The van der Waals surface area contributed by atoms with Crippen LogP contribution in [-0.4, -0.2) is 37.2 Å². The fraction of sp³-hybridized carbons (Fsp3) is 0.776. The number of hydrogen-bond acceptors (Lipinski definition) is 6. The monoisotopic (exact) mass is 895 g/mol. The van der Waals surface area contributed by atoms with Gasteiger partial charge in [0.15, 0.2) is 6.10 Å². The summed E-state index contributed by atoms with van der Waals surface area (Å²) >= 11 is 0. The largest absolute Gasteiger partial charge is 0.462 e. The van der Waals surface area contributed by atoms with Crippen LogP contribution in [0.2, 0.25) is 0 Å². The van der Waals surface area contributed by atoms with Crippen molar-refractivity contribution in [2.45, 2.75) is 277 Å². The van der Waals surface area contributed by atoms with Crippen molar-refractivity contribution in [1.82, 2.24) is 0 Å². The summed E-state index contributed by atoms with van der Waals surface area (Å²) in [6.45, 7) is 6.58. The lowest BCUT2D eigenvalue weighted by Crippen LogP contribution is -2.30. The van der Waals surface area contributed by atoms with Crippen LogP contribution < -0.4 is 0 Å². The number of hydrogen-bond donors (Lipinski definition) is 0. The van der Waals surface area contributed by atoms with E-state index in [2.05, 4.69) is 81.5 Å². The molecule has 0 aliphatic heterocycles. The summed E-state index contributed by atoms with van der Waals surface area (Å²) in [5.74, 6) is -0.918. The van der Waals surface area contributed by atoms with Gasteiger partial charge in [0.25, 0.3) is 0 Å². The Morgan fingerprint density at radius 1 is 0.312 bits per heavy atom. The maximum absolute atomic E-state index is 12.8. The van der Waals surface area contributed by atoms with Crippen LogP contribution in [0, 0.1) is 0 Å². The van der Waals surface area contributed by atoms with E-state index in [1.165, 1.54) is 141 Å². The van der Waals surface area contributed by atoms with Gasteiger partial charge in [-0.05, 0) is 89.9 Å². The van der Waals surface area contributed by atoms with E-state index in [9.17, 15) is 14.4 Å². The van der Waals surface area contributed by atoms with Gasteiger partial charge in [0.2, 0.25) is 0 Å². The van der Waals surface area contributed by atoms with Crippen LogP contribution in [0.5, 0.6) is 0 Å². The van der Waals surface area contributed by atoms with Gasteiger partial charge >= 0.3 is 17.9 Å². The highest BCUT2D eigenvalue weighted by atomic mass is 16.6. The highest BCUT2D eigenvalue weighted by Crippen LogP contribution is 2.15. The second-order valence-electron chi connectivity index (χ2n) is 18.1. The third-order valence-electron chi connectivity index (χ3n) is 11.7. The number of esters is 3. The molecule has 0 bridgehead atoms. The van der Waals surface area contributed by atoms with Crippen molar-refractivity contribution in [1.29, 1.82) is 0 Å². The minimum Gasteiger partial charge on any atom is -0.462 e. The summed E-state index contributed by atoms with van der Waals surface area (Å²) in [4.78, 5) is 38.0. The van der Waals surface area contributed by atoms with E-state index in [0.29, 0.717) is 19.3 Å². The molecule has 6 nitrogen and oxygen atoms in total. The molecule has 370 valence electrons.